The molecule has 0 spiro atoms. The van der Waals surface area contributed by atoms with E-state index in [0.717, 1.165) is 11.3 Å². The Kier molecular flexibility index (Phi) is 20.1. The van der Waals surface area contributed by atoms with Gasteiger partial charge in [0.1, 0.15) is 17.4 Å². The van der Waals surface area contributed by atoms with Crippen molar-refractivity contribution in [1.29, 1.82) is 0 Å². The standard InChI is InChI=1S/C39H40N8O8S.CO2.O3S/c1-26-21-29(34(55-19-8-20-56(52,53)54)25-33(26)46-45-32-12-6-9-28(23-32)38(50)51)24-36-40-35(41-39(42-36)47(2)18-7-13-37(48)49)22-27-14-16-31(17-15-27)44-43-30-10-4-3-5-11-30;2-1-3;1-4(2)3/h3-6,9-12,14-17,21,23,25H,7-8,13,18-20,22,24H2,1-2H3,(H,48,49)(H,50,51)(H,52,53,54);;. The lowest BCUT2D eigenvalue weighted by Gasteiger charge is -2.19. The van der Waals surface area contributed by atoms with Gasteiger partial charge in [0.15, 0.2) is 0 Å². The van der Waals surface area contributed by atoms with Crippen LogP contribution in [-0.4, -0.2) is 94.8 Å². The maximum Gasteiger partial charge on any atom is 0.425 e. The monoisotopic (exact) mass is 904 g/mol. The number of hydrogen-bond donors (Lipinski definition) is 3. The lowest BCUT2D eigenvalue weighted by molar-refractivity contribution is -0.191. The summed E-state index contributed by atoms with van der Waals surface area (Å²) in [6.07, 6.45) is 1.13. The molecule has 0 aliphatic carbocycles. The molecule has 5 aromatic rings. The molecular formula is C40H40N8O13S2. The fourth-order valence-corrected chi connectivity index (χ4v) is 5.83. The lowest BCUT2D eigenvalue weighted by Crippen LogP contribution is -2.23. The summed E-state index contributed by atoms with van der Waals surface area (Å²) in [7, 11) is -5.54. The second-order valence-electron chi connectivity index (χ2n) is 13.0. The molecule has 5 rings (SSSR count). The van der Waals surface area contributed by atoms with Crippen LogP contribution < -0.4 is 9.64 Å². The van der Waals surface area contributed by atoms with Crippen LogP contribution in [0.25, 0.3) is 0 Å². The predicted molar refractivity (Wildman–Crippen MR) is 223 cm³/mol. The van der Waals surface area contributed by atoms with E-state index in [1.165, 1.54) is 12.1 Å². The van der Waals surface area contributed by atoms with Gasteiger partial charge in [-0.2, -0.15) is 48.4 Å². The predicted octanol–water partition coefficient (Wildman–Crippen LogP) is 6.26. The van der Waals surface area contributed by atoms with Gasteiger partial charge >= 0.3 is 28.7 Å². The molecule has 3 N–H and O–H groups in total. The Hall–Kier alpha value is -7.46. The quantitative estimate of drug-likeness (QED) is 0.0467. The first kappa shape index (κ1) is 49.9. The van der Waals surface area contributed by atoms with E-state index in [1.807, 2.05) is 67.6 Å². The van der Waals surface area contributed by atoms with E-state index in [2.05, 4.69) is 20.5 Å². The van der Waals surface area contributed by atoms with Gasteiger partial charge in [0.05, 0.1) is 40.7 Å². The molecule has 0 saturated carbocycles. The lowest BCUT2D eigenvalue weighted by atomic mass is 10.1. The van der Waals surface area contributed by atoms with Crippen molar-refractivity contribution in [3.63, 3.8) is 0 Å². The van der Waals surface area contributed by atoms with E-state index in [1.54, 1.807) is 30.1 Å². The maximum absolute atomic E-state index is 11.4. The first-order valence-corrected chi connectivity index (χ1v) is 21.0. The average molecular weight is 905 g/mol. The van der Waals surface area contributed by atoms with Crippen LogP contribution >= 0.6 is 0 Å². The van der Waals surface area contributed by atoms with Gasteiger partial charge in [0.2, 0.25) is 5.95 Å². The number of azo groups is 2. The number of rotatable bonds is 19. The van der Waals surface area contributed by atoms with Crippen molar-refractivity contribution in [2.75, 3.05) is 30.9 Å². The fourth-order valence-electron chi connectivity index (χ4n) is 5.35. The van der Waals surface area contributed by atoms with E-state index in [-0.39, 0.29) is 37.6 Å². The summed E-state index contributed by atoms with van der Waals surface area (Å²) in [5, 5.41) is 35.7. The summed E-state index contributed by atoms with van der Waals surface area (Å²) in [6.45, 7) is 2.15. The molecule has 1 heterocycles. The molecule has 0 fully saturated rings. The fraction of sp³-hybridized carbons (Fsp3) is 0.250. The third kappa shape index (κ3) is 19.2. The highest BCUT2D eigenvalue weighted by Crippen LogP contribution is 2.32. The average Bonchev–Trinajstić information content (AvgIpc) is 3.22. The molecule has 0 aliphatic rings. The first-order valence-electron chi connectivity index (χ1n) is 18.4. The molecule has 1 aromatic heterocycles. The van der Waals surface area contributed by atoms with Gasteiger partial charge < -0.3 is 19.8 Å². The Morgan fingerprint density at radius 3 is 1.97 bits per heavy atom. The minimum Gasteiger partial charge on any atom is -0.493 e. The van der Waals surface area contributed by atoms with Gasteiger partial charge in [-0.25, -0.2) is 9.78 Å². The third-order valence-electron chi connectivity index (χ3n) is 8.18. The summed E-state index contributed by atoms with van der Waals surface area (Å²) >= 11 is 0. The number of nitrogens with zero attached hydrogens (tertiary/aromatic N) is 8. The molecule has 0 aliphatic heterocycles. The maximum atomic E-state index is 11.4. The number of carbonyl (C=O) groups excluding carboxylic acids is 2. The molecule has 0 bridgehead atoms. The van der Waals surface area contributed by atoms with Gasteiger partial charge in [-0.1, -0.05) is 36.4 Å². The highest BCUT2D eigenvalue weighted by atomic mass is 32.2. The number of aliphatic carboxylic acids is 1. The van der Waals surface area contributed by atoms with Crippen LogP contribution in [0.5, 0.6) is 5.75 Å². The highest BCUT2D eigenvalue weighted by molar-refractivity contribution is 7.85. The Morgan fingerprint density at radius 2 is 1.37 bits per heavy atom. The van der Waals surface area contributed by atoms with Crippen LogP contribution in [0.3, 0.4) is 0 Å². The number of aryl methyl sites for hydroxylation is 1. The Labute approximate surface area is 362 Å². The van der Waals surface area contributed by atoms with Crippen LogP contribution in [0, 0.1) is 6.92 Å². The largest absolute Gasteiger partial charge is 0.493 e. The van der Waals surface area contributed by atoms with E-state index < -0.39 is 38.4 Å². The smallest absolute Gasteiger partial charge is 0.425 e. The normalized spacial score (nSPS) is 10.8. The molecule has 21 nitrogen and oxygen atoms in total. The minimum atomic E-state index is -4.20. The second kappa shape index (κ2) is 25.3. The number of hydrogen-bond acceptors (Lipinski definition) is 18. The van der Waals surface area contributed by atoms with Crippen molar-refractivity contribution in [2.24, 2.45) is 20.5 Å². The van der Waals surface area contributed by atoms with E-state index in [0.29, 0.717) is 70.9 Å². The number of carbonyl (C=O) groups is 2. The van der Waals surface area contributed by atoms with Crippen molar-refractivity contribution in [3.05, 3.63) is 125 Å². The van der Waals surface area contributed by atoms with Crippen molar-refractivity contribution in [1.82, 2.24) is 15.0 Å². The molecule has 0 amide bonds. The van der Waals surface area contributed by atoms with Crippen LogP contribution in [0.4, 0.5) is 28.7 Å². The number of benzene rings is 4. The summed E-state index contributed by atoms with van der Waals surface area (Å²) in [5.74, 6) is -0.938. The molecule has 23 heteroatoms. The van der Waals surface area contributed by atoms with Gasteiger partial charge in [-0.3, -0.25) is 9.35 Å². The minimum absolute atomic E-state index is 0.0125. The molecule has 0 atom stereocenters. The van der Waals surface area contributed by atoms with E-state index in [4.69, 9.17) is 41.9 Å². The second-order valence-corrected chi connectivity index (χ2v) is 15.0. The van der Waals surface area contributed by atoms with E-state index in [9.17, 15) is 32.8 Å². The van der Waals surface area contributed by atoms with Gasteiger partial charge in [-0.15, -0.1) is 12.6 Å². The van der Waals surface area contributed by atoms with Gasteiger partial charge in [0.25, 0.3) is 10.1 Å². The Balaban J connectivity index is 0.00000141. The van der Waals surface area contributed by atoms with Crippen LogP contribution in [0.15, 0.2) is 111 Å². The topological polar surface area (TPSA) is 315 Å². The molecule has 0 saturated heterocycles. The summed E-state index contributed by atoms with van der Waals surface area (Å²) in [4.78, 5) is 54.9. The number of aromatic carboxylic acids is 1. The number of ether oxygens (including phenoxy) is 1. The molecule has 0 radical (unpaired) electrons. The molecule has 63 heavy (non-hydrogen) atoms. The van der Waals surface area contributed by atoms with Gasteiger partial charge in [0, 0.05) is 44.5 Å². The van der Waals surface area contributed by atoms with Crippen LogP contribution in [0.1, 0.15) is 58.0 Å². The summed E-state index contributed by atoms with van der Waals surface area (Å²) in [6, 6.07) is 26.4. The molecule has 4 aromatic carbocycles. The van der Waals surface area contributed by atoms with Crippen LogP contribution in [0.2, 0.25) is 0 Å². The Morgan fingerprint density at radius 1 is 0.778 bits per heavy atom. The Bertz CT molecular complexity index is 2660. The zero-order chi connectivity index (χ0) is 46.4. The van der Waals surface area contributed by atoms with Crippen molar-refractivity contribution < 1.29 is 59.7 Å². The highest BCUT2D eigenvalue weighted by Gasteiger charge is 2.17. The summed E-state index contributed by atoms with van der Waals surface area (Å²) in [5.41, 5.74) is 4.46. The number of aromatic nitrogens is 3. The zero-order valence-electron chi connectivity index (χ0n) is 33.6. The van der Waals surface area contributed by atoms with Crippen molar-refractivity contribution in [2.45, 2.75) is 39.0 Å². The van der Waals surface area contributed by atoms with Crippen LogP contribution in [-0.2, 0) is 48.0 Å². The number of anilines is 1. The molecule has 330 valence electrons. The SMILES string of the molecule is Cc1cc(Cc2nc(Cc3ccc(N=Nc4ccccc4)cc3)nc(N(C)CCCC(=O)O)n2)c(OCCCS(=O)(=O)O)cc1N=Nc1cccc(C(=O)O)c1.O=C=O.O=S(=O)=O. The number of carboxylic acids is 2. The molecular weight excluding hydrogens is 865 g/mol. The summed E-state index contributed by atoms with van der Waals surface area (Å²) < 4.78 is 63.3. The first-order chi connectivity index (χ1) is 30.0. The number of carboxylic acid groups (broad SMARTS) is 2. The molecule has 0 unspecified atom stereocenters. The van der Waals surface area contributed by atoms with Gasteiger partial charge in [-0.05, 0) is 79.4 Å². The van der Waals surface area contributed by atoms with Crippen molar-refractivity contribution >= 4 is 67.5 Å². The van der Waals surface area contributed by atoms with Crippen molar-refractivity contribution in [3.8, 4) is 5.75 Å². The van der Waals surface area contributed by atoms with E-state index >= 15 is 0 Å². The third-order valence-corrected chi connectivity index (χ3v) is 8.98. The zero-order valence-corrected chi connectivity index (χ0v) is 35.3.